The van der Waals surface area contributed by atoms with Gasteiger partial charge in [-0.3, -0.25) is 0 Å². The molecule has 0 heterocycles. The zero-order chi connectivity index (χ0) is 11.1. The third kappa shape index (κ3) is 2.97. The Labute approximate surface area is 94.3 Å². The van der Waals surface area contributed by atoms with Crippen LogP contribution < -0.4 is 0 Å². The van der Waals surface area contributed by atoms with E-state index in [1.165, 1.54) is 30.6 Å². The first kappa shape index (κ1) is 11.0. The van der Waals surface area contributed by atoms with Gasteiger partial charge in [-0.25, -0.2) is 0 Å². The van der Waals surface area contributed by atoms with Gasteiger partial charge in [0.05, 0.1) is 5.76 Å². The summed E-state index contributed by atoms with van der Waals surface area (Å²) in [4.78, 5) is 0. The molecule has 0 aromatic rings. The van der Waals surface area contributed by atoms with Gasteiger partial charge in [-0.1, -0.05) is 12.2 Å². The Bertz CT molecular complexity index is 298. The van der Waals surface area contributed by atoms with Crippen LogP contribution in [0.2, 0.25) is 19.6 Å². The average Bonchev–Trinajstić information content (AvgIpc) is 1.96. The summed E-state index contributed by atoms with van der Waals surface area (Å²) in [6.07, 6.45) is 7.30. The molecule has 2 aliphatic rings. The molecule has 0 spiro atoms. The monoisotopic (exact) mass is 222 g/mol. The number of allylic oxidation sites excluding steroid dienone is 3. The Kier molecular flexibility index (Phi) is 2.80. The van der Waals surface area contributed by atoms with E-state index in [4.69, 9.17) is 4.43 Å². The van der Waals surface area contributed by atoms with E-state index in [2.05, 4.69) is 32.3 Å². The molecule has 1 fully saturated rings. The second-order valence-electron chi connectivity index (χ2n) is 6.07. The van der Waals surface area contributed by atoms with Crippen molar-refractivity contribution < 1.29 is 4.43 Å². The normalized spacial score (nSPS) is 31.1. The fraction of sp³-hybridized carbons (Fsp3) is 0.692. The van der Waals surface area contributed by atoms with Crippen LogP contribution >= 0.6 is 0 Å². The zero-order valence-corrected chi connectivity index (χ0v) is 11.2. The average molecular weight is 222 g/mol. The van der Waals surface area contributed by atoms with Gasteiger partial charge in [-0.2, -0.15) is 0 Å². The van der Waals surface area contributed by atoms with Gasteiger partial charge in [0.25, 0.3) is 0 Å². The molecule has 1 unspecified atom stereocenters. The molecular formula is C13H22OSi. The van der Waals surface area contributed by atoms with Crippen molar-refractivity contribution in [3.8, 4) is 0 Å². The first-order valence-corrected chi connectivity index (χ1v) is 9.39. The Morgan fingerprint density at radius 2 is 2.00 bits per heavy atom. The maximum absolute atomic E-state index is 6.12. The van der Waals surface area contributed by atoms with Gasteiger partial charge in [0, 0.05) is 6.42 Å². The van der Waals surface area contributed by atoms with E-state index in [1.54, 1.807) is 0 Å². The Morgan fingerprint density at radius 3 is 2.60 bits per heavy atom. The minimum Gasteiger partial charge on any atom is -0.548 e. The molecule has 0 saturated heterocycles. The molecule has 0 amide bonds. The van der Waals surface area contributed by atoms with Crippen molar-refractivity contribution in [3.63, 3.8) is 0 Å². The number of hydrogen-bond acceptors (Lipinski definition) is 1. The molecule has 0 N–H and O–H groups in total. The first-order valence-electron chi connectivity index (χ1n) is 5.99. The largest absolute Gasteiger partial charge is 0.548 e. The van der Waals surface area contributed by atoms with Gasteiger partial charge in [0.1, 0.15) is 0 Å². The van der Waals surface area contributed by atoms with E-state index in [9.17, 15) is 0 Å². The van der Waals surface area contributed by atoms with Crippen LogP contribution in [0.3, 0.4) is 0 Å². The van der Waals surface area contributed by atoms with E-state index >= 15 is 0 Å². The number of fused-ring (bicyclic) bond motifs is 2. The molecule has 84 valence electrons. The highest BCUT2D eigenvalue weighted by Gasteiger charge is 2.30. The van der Waals surface area contributed by atoms with Crippen molar-refractivity contribution in [1.82, 2.24) is 0 Å². The van der Waals surface area contributed by atoms with Crippen molar-refractivity contribution in [3.05, 3.63) is 24.0 Å². The molecule has 2 atom stereocenters. The van der Waals surface area contributed by atoms with Crippen LogP contribution in [0.15, 0.2) is 24.0 Å². The van der Waals surface area contributed by atoms with Crippen molar-refractivity contribution in [2.75, 3.05) is 0 Å². The summed E-state index contributed by atoms with van der Waals surface area (Å²) in [6, 6.07) is 0. The minimum atomic E-state index is -1.40. The molecule has 0 aromatic heterocycles. The van der Waals surface area contributed by atoms with Gasteiger partial charge in [0.2, 0.25) is 8.32 Å². The van der Waals surface area contributed by atoms with E-state index in [-0.39, 0.29) is 0 Å². The quantitative estimate of drug-likeness (QED) is 0.505. The summed E-state index contributed by atoms with van der Waals surface area (Å²) in [5, 5.41) is 0. The molecule has 1 nitrogen and oxygen atoms in total. The van der Waals surface area contributed by atoms with Crippen molar-refractivity contribution in [2.45, 2.75) is 45.3 Å². The molecule has 1 saturated carbocycles. The summed E-state index contributed by atoms with van der Waals surface area (Å²) in [6.45, 7) is 10.9. The summed E-state index contributed by atoms with van der Waals surface area (Å²) in [5.41, 5.74) is 1.44. The molecule has 2 aliphatic carbocycles. The molecule has 0 aromatic carbocycles. The molecule has 0 radical (unpaired) electrons. The topological polar surface area (TPSA) is 9.23 Å². The van der Waals surface area contributed by atoms with Crippen LogP contribution in [-0.2, 0) is 4.43 Å². The first-order chi connectivity index (χ1) is 6.92. The maximum atomic E-state index is 6.12. The SMILES string of the molecule is C=C1CC2C=C(O[Si](C)(C)C)C[C@@H](C1)C2. The minimum absolute atomic E-state index is 0.719. The molecule has 2 heteroatoms. The predicted octanol–water partition coefficient (Wildman–Crippen LogP) is 4.10. The summed E-state index contributed by atoms with van der Waals surface area (Å²) in [7, 11) is -1.40. The van der Waals surface area contributed by atoms with Crippen LogP contribution in [0.5, 0.6) is 0 Å². The summed E-state index contributed by atoms with van der Waals surface area (Å²) < 4.78 is 6.12. The highest BCUT2D eigenvalue weighted by atomic mass is 28.4. The fourth-order valence-corrected chi connectivity index (χ4v) is 3.76. The lowest BCUT2D eigenvalue weighted by Crippen LogP contribution is -2.29. The standard InChI is InChI=1S/C13H22OSi/c1-10-5-11-7-12(6-10)9-13(8-11)14-15(2,3)4/h8,11-12H,1,5-7,9H2,2-4H3/t11?,12-/m0/s1. The molecular weight excluding hydrogens is 200 g/mol. The number of hydrogen-bond donors (Lipinski definition) is 0. The van der Waals surface area contributed by atoms with Crippen LogP contribution in [0.25, 0.3) is 0 Å². The van der Waals surface area contributed by atoms with Crippen LogP contribution in [-0.4, -0.2) is 8.32 Å². The van der Waals surface area contributed by atoms with Crippen LogP contribution in [0.1, 0.15) is 25.7 Å². The van der Waals surface area contributed by atoms with E-state index < -0.39 is 8.32 Å². The second-order valence-corrected chi connectivity index (χ2v) is 10.5. The number of rotatable bonds is 2. The van der Waals surface area contributed by atoms with Crippen molar-refractivity contribution >= 4 is 8.32 Å². The van der Waals surface area contributed by atoms with E-state index in [0.29, 0.717) is 0 Å². The van der Waals surface area contributed by atoms with Gasteiger partial charge in [-0.15, -0.1) is 0 Å². The van der Waals surface area contributed by atoms with Gasteiger partial charge in [-0.05, 0) is 56.8 Å². The lowest BCUT2D eigenvalue weighted by atomic mass is 9.74. The van der Waals surface area contributed by atoms with Crippen molar-refractivity contribution in [2.24, 2.45) is 11.8 Å². The maximum Gasteiger partial charge on any atom is 0.241 e. The third-order valence-corrected chi connectivity index (χ3v) is 3.99. The zero-order valence-electron chi connectivity index (χ0n) is 10.2. The highest BCUT2D eigenvalue weighted by Crippen LogP contribution is 2.41. The third-order valence-electron chi connectivity index (χ3n) is 3.11. The van der Waals surface area contributed by atoms with Crippen LogP contribution in [0.4, 0.5) is 0 Å². The van der Waals surface area contributed by atoms with E-state index in [0.717, 1.165) is 18.3 Å². The predicted molar refractivity (Wildman–Crippen MR) is 67.1 cm³/mol. The van der Waals surface area contributed by atoms with Crippen molar-refractivity contribution in [1.29, 1.82) is 0 Å². The van der Waals surface area contributed by atoms with Gasteiger partial charge in [0.15, 0.2) is 0 Å². The van der Waals surface area contributed by atoms with Crippen LogP contribution in [0, 0.1) is 11.8 Å². The Morgan fingerprint density at radius 1 is 1.27 bits per heavy atom. The Hall–Kier alpha value is -0.503. The second kappa shape index (κ2) is 3.82. The molecule has 0 aliphatic heterocycles. The molecule has 15 heavy (non-hydrogen) atoms. The lowest BCUT2D eigenvalue weighted by Gasteiger charge is -2.36. The molecule has 2 rings (SSSR count). The summed E-state index contributed by atoms with van der Waals surface area (Å²) >= 11 is 0. The molecule has 2 bridgehead atoms. The van der Waals surface area contributed by atoms with E-state index in [1.807, 2.05) is 0 Å². The smallest absolute Gasteiger partial charge is 0.241 e. The van der Waals surface area contributed by atoms with Gasteiger partial charge < -0.3 is 4.43 Å². The summed E-state index contributed by atoms with van der Waals surface area (Å²) in [5.74, 6) is 2.81. The highest BCUT2D eigenvalue weighted by molar-refractivity contribution is 6.70. The lowest BCUT2D eigenvalue weighted by molar-refractivity contribution is 0.271. The fourth-order valence-electron chi connectivity index (χ4n) is 2.82. The Balaban J connectivity index is 2.07. The van der Waals surface area contributed by atoms with Gasteiger partial charge >= 0.3 is 0 Å².